The summed E-state index contributed by atoms with van der Waals surface area (Å²) in [5.41, 5.74) is 2.33. The van der Waals surface area contributed by atoms with Gasteiger partial charge >= 0.3 is 6.09 Å². The summed E-state index contributed by atoms with van der Waals surface area (Å²) in [6.45, 7) is 16.5. The first kappa shape index (κ1) is 45.3. The molecule has 1 unspecified atom stereocenters. The summed E-state index contributed by atoms with van der Waals surface area (Å²) in [7, 11) is 3.20. The zero-order valence-corrected chi connectivity index (χ0v) is 36.8. The molecule has 11 heteroatoms. The molecule has 8 atom stereocenters. The Morgan fingerprint density at radius 2 is 1.66 bits per heavy atom. The van der Waals surface area contributed by atoms with Gasteiger partial charge in [0.1, 0.15) is 11.1 Å². The topological polar surface area (TPSA) is 108 Å². The Kier molecular flexibility index (Phi) is 18.7. The summed E-state index contributed by atoms with van der Waals surface area (Å²) in [6.07, 6.45) is 19.2. The molecule has 3 fully saturated rings. The van der Waals surface area contributed by atoms with Crippen molar-refractivity contribution in [3.63, 3.8) is 0 Å². The third-order valence-corrected chi connectivity index (χ3v) is 16.0. The lowest BCUT2D eigenvalue weighted by Gasteiger charge is -2.58. The quantitative estimate of drug-likeness (QED) is 0.0599. The van der Waals surface area contributed by atoms with Crippen molar-refractivity contribution in [1.82, 2.24) is 15.6 Å². The molecule has 5 rings (SSSR count). The molecule has 0 radical (unpaired) electrons. The number of carbonyl (C=O) groups is 2. The van der Waals surface area contributed by atoms with Crippen molar-refractivity contribution in [2.75, 3.05) is 58.5 Å². The molecule has 0 spiro atoms. The van der Waals surface area contributed by atoms with E-state index >= 15 is 0 Å². The van der Waals surface area contributed by atoms with E-state index in [0.29, 0.717) is 64.6 Å². The predicted octanol–water partition coefficient (Wildman–Crippen LogP) is 9.90. The molecular weight excluding hydrogens is 743 g/mol. The van der Waals surface area contributed by atoms with Crippen molar-refractivity contribution < 1.29 is 28.5 Å². The second-order valence-electron chi connectivity index (χ2n) is 17.9. The van der Waals surface area contributed by atoms with E-state index in [-0.39, 0.29) is 23.5 Å². The van der Waals surface area contributed by atoms with Crippen LogP contribution in [0.3, 0.4) is 0 Å². The maximum absolute atomic E-state index is 12.7. The van der Waals surface area contributed by atoms with Crippen LogP contribution in [0.25, 0.3) is 0 Å². The maximum Gasteiger partial charge on any atom is 0.407 e. The first-order valence-corrected chi connectivity index (χ1v) is 24.3. The third-order valence-electron chi connectivity index (χ3n) is 13.8. The molecule has 4 aliphatic carbocycles. The lowest BCUT2D eigenvalue weighted by Crippen LogP contribution is -2.51. The van der Waals surface area contributed by atoms with Crippen LogP contribution in [-0.4, -0.2) is 81.6 Å². The summed E-state index contributed by atoms with van der Waals surface area (Å²) >= 11 is 0. The smallest absolute Gasteiger partial charge is 0.407 e. The number of hydrogen-bond acceptors (Lipinski definition) is 9. The Hall–Kier alpha value is -1.79. The fourth-order valence-electron chi connectivity index (χ4n) is 10.8. The average molecular weight is 816 g/mol. The fraction of sp³-hybridized carbons (Fsp3) is 0.800. The van der Waals surface area contributed by atoms with Gasteiger partial charge in [-0.15, -0.1) is 0 Å². The van der Waals surface area contributed by atoms with Gasteiger partial charge in [-0.05, 0) is 121 Å². The van der Waals surface area contributed by atoms with E-state index in [2.05, 4.69) is 56.3 Å². The summed E-state index contributed by atoms with van der Waals surface area (Å²) in [5, 5.41) is 6.77. The average Bonchev–Trinajstić information content (AvgIpc) is 3.54. The van der Waals surface area contributed by atoms with Crippen LogP contribution in [0.5, 0.6) is 0 Å². The van der Waals surface area contributed by atoms with Gasteiger partial charge in [-0.3, -0.25) is 4.79 Å². The first-order chi connectivity index (χ1) is 27.1. The number of rotatable bonds is 24. The van der Waals surface area contributed by atoms with Crippen LogP contribution in [-0.2, 0) is 23.7 Å². The molecule has 3 saturated carbocycles. The fourth-order valence-corrected chi connectivity index (χ4v) is 12.7. The minimum Gasteiger partial charge on any atom is -0.446 e. The van der Waals surface area contributed by atoms with Crippen LogP contribution in [0.1, 0.15) is 118 Å². The third kappa shape index (κ3) is 13.1. The molecule has 0 aliphatic heterocycles. The van der Waals surface area contributed by atoms with E-state index in [4.69, 9.17) is 18.9 Å². The van der Waals surface area contributed by atoms with Crippen LogP contribution >= 0.6 is 21.6 Å². The molecule has 1 aromatic rings. The van der Waals surface area contributed by atoms with Gasteiger partial charge in [-0.1, -0.05) is 82.4 Å². The van der Waals surface area contributed by atoms with Crippen LogP contribution in [0.15, 0.2) is 41.1 Å². The number of amides is 2. The second-order valence-corrected chi connectivity index (χ2v) is 20.3. The number of pyridine rings is 1. The van der Waals surface area contributed by atoms with Crippen molar-refractivity contribution in [2.45, 2.75) is 129 Å². The Morgan fingerprint density at radius 1 is 0.875 bits per heavy atom. The van der Waals surface area contributed by atoms with Gasteiger partial charge in [0.05, 0.1) is 33.0 Å². The Balaban J connectivity index is 0.857. The van der Waals surface area contributed by atoms with Crippen molar-refractivity contribution in [1.29, 1.82) is 0 Å². The van der Waals surface area contributed by atoms with Crippen LogP contribution in [0, 0.1) is 46.3 Å². The standard InChI is InChI=1S/C45H73N3O6S2/c1-33(2)10-8-11-34(3)38-15-16-39-37-14-13-35-32-36(17-20-44(35,4)40(37)18-21-45(38,39)5)54-43(50)48-23-9-25-51-27-29-53-30-28-52-26-24-46-41(49)19-31-55-56-42-12-6-7-22-47-42/h6-7,12-13,22,33-34,36-40H,8-11,14-21,23-32H2,1-5H3,(H,46,49)(H,48,50)/t34-,36?,37+,38-,39+,40+,44+,45-/m1/s1. The van der Waals surface area contributed by atoms with E-state index < -0.39 is 0 Å². The highest BCUT2D eigenvalue weighted by molar-refractivity contribution is 8.76. The largest absolute Gasteiger partial charge is 0.446 e. The minimum atomic E-state index is -0.307. The van der Waals surface area contributed by atoms with E-state index in [1.807, 2.05) is 18.2 Å². The van der Waals surface area contributed by atoms with Crippen molar-refractivity contribution >= 4 is 33.6 Å². The van der Waals surface area contributed by atoms with Gasteiger partial charge < -0.3 is 29.6 Å². The van der Waals surface area contributed by atoms with Gasteiger partial charge in [0, 0.05) is 44.5 Å². The molecule has 2 amide bonds. The van der Waals surface area contributed by atoms with E-state index in [1.165, 1.54) is 51.4 Å². The van der Waals surface area contributed by atoms with E-state index in [9.17, 15) is 9.59 Å². The molecule has 1 heterocycles. The van der Waals surface area contributed by atoms with Crippen molar-refractivity contribution in [3.05, 3.63) is 36.0 Å². The summed E-state index contributed by atoms with van der Waals surface area (Å²) in [5.74, 6) is 5.76. The van der Waals surface area contributed by atoms with Crippen molar-refractivity contribution in [2.24, 2.45) is 46.3 Å². The number of aromatic nitrogens is 1. The number of carbonyl (C=O) groups excluding carboxylic acids is 2. The predicted molar refractivity (Wildman–Crippen MR) is 229 cm³/mol. The summed E-state index contributed by atoms with van der Waals surface area (Å²) < 4.78 is 22.7. The highest BCUT2D eigenvalue weighted by Gasteiger charge is 2.59. The second kappa shape index (κ2) is 23.1. The van der Waals surface area contributed by atoms with Crippen LogP contribution < -0.4 is 10.6 Å². The SMILES string of the molecule is CC(C)CCC[C@@H](C)[C@H]1CC[C@H]2[C@@H]3CC=C4CC(OC(=O)NCCCOCCOCCOCCNC(=O)CCSSc5ccccn5)CC[C@]4(C)[C@H]3CC[C@]12C. The first-order valence-electron chi connectivity index (χ1n) is 21.9. The maximum atomic E-state index is 12.7. The normalized spacial score (nSPS) is 28.8. The lowest BCUT2D eigenvalue weighted by molar-refractivity contribution is -0.120. The highest BCUT2D eigenvalue weighted by Crippen LogP contribution is 2.67. The van der Waals surface area contributed by atoms with Crippen LogP contribution in [0.4, 0.5) is 4.79 Å². The zero-order valence-electron chi connectivity index (χ0n) is 35.2. The molecule has 0 bridgehead atoms. The summed E-state index contributed by atoms with van der Waals surface area (Å²) in [4.78, 5) is 28.9. The molecule has 56 heavy (non-hydrogen) atoms. The molecule has 0 aromatic carbocycles. The number of ether oxygens (including phenoxy) is 4. The van der Waals surface area contributed by atoms with Gasteiger partial charge in [-0.2, -0.15) is 0 Å². The number of nitrogens with one attached hydrogen (secondary N) is 2. The van der Waals surface area contributed by atoms with Gasteiger partial charge in [0.2, 0.25) is 5.91 Å². The molecule has 9 nitrogen and oxygen atoms in total. The number of fused-ring (bicyclic) bond motifs is 5. The highest BCUT2D eigenvalue weighted by atomic mass is 33.1. The van der Waals surface area contributed by atoms with E-state index in [0.717, 1.165) is 72.0 Å². The van der Waals surface area contributed by atoms with Crippen molar-refractivity contribution in [3.8, 4) is 0 Å². The van der Waals surface area contributed by atoms with Crippen LogP contribution in [0.2, 0.25) is 0 Å². The lowest BCUT2D eigenvalue weighted by atomic mass is 9.47. The summed E-state index contributed by atoms with van der Waals surface area (Å²) in [6, 6.07) is 5.80. The molecule has 0 saturated heterocycles. The minimum absolute atomic E-state index is 0.0238. The number of hydrogen-bond donors (Lipinski definition) is 2. The van der Waals surface area contributed by atoms with Gasteiger partial charge in [0.15, 0.2) is 0 Å². The zero-order chi connectivity index (χ0) is 39.8. The van der Waals surface area contributed by atoms with E-state index in [1.54, 1.807) is 33.4 Å². The van der Waals surface area contributed by atoms with Gasteiger partial charge in [0.25, 0.3) is 0 Å². The number of alkyl carbamates (subject to hydrolysis) is 1. The Bertz CT molecular complexity index is 1370. The monoisotopic (exact) mass is 815 g/mol. The molecule has 316 valence electrons. The Labute approximate surface area is 346 Å². The molecule has 4 aliphatic rings. The number of nitrogens with zero attached hydrogens (tertiary/aromatic N) is 1. The number of allylic oxidation sites excluding steroid dienone is 1. The molecule has 1 aromatic heterocycles. The van der Waals surface area contributed by atoms with Gasteiger partial charge in [-0.25, -0.2) is 9.78 Å². The Morgan fingerprint density at radius 3 is 2.43 bits per heavy atom. The molecule has 2 N–H and O–H groups in total. The molecular formula is C45H73N3O6S2.